The first-order chi connectivity index (χ1) is 16.9. The largest absolute Gasteiger partial charge is 0.467 e. The van der Waals surface area contributed by atoms with Crippen LogP contribution in [-0.4, -0.2) is 36.6 Å². The minimum Gasteiger partial charge on any atom is -0.467 e. The molecule has 0 spiro atoms. The van der Waals surface area contributed by atoms with E-state index >= 15 is 0 Å². The number of halogens is 6. The van der Waals surface area contributed by atoms with Crippen LogP contribution in [0.15, 0.2) is 42.5 Å². The van der Waals surface area contributed by atoms with Crippen molar-refractivity contribution in [1.82, 2.24) is 5.32 Å². The molecule has 0 fully saturated rings. The highest BCUT2D eigenvalue weighted by Crippen LogP contribution is 2.36. The van der Waals surface area contributed by atoms with Gasteiger partial charge in [-0.15, -0.1) is 0 Å². The summed E-state index contributed by atoms with van der Waals surface area (Å²) in [6, 6.07) is 5.45. The van der Waals surface area contributed by atoms with Gasteiger partial charge in [0.05, 0.1) is 30.2 Å². The van der Waals surface area contributed by atoms with E-state index in [0.29, 0.717) is 17.7 Å². The topological polar surface area (TPSA) is 81.7 Å². The number of methoxy groups -OCH3 is 1. The fourth-order valence-electron chi connectivity index (χ4n) is 3.24. The predicted molar refractivity (Wildman–Crippen MR) is 119 cm³/mol. The number of nitrogens with one attached hydrogen (secondary N) is 1. The molecule has 0 unspecified atom stereocenters. The minimum atomic E-state index is -5.06. The number of carbonyl (C=O) groups excluding carboxylic acids is 3. The summed E-state index contributed by atoms with van der Waals surface area (Å²) in [5.41, 5.74) is -3.63. The third-order valence-electron chi connectivity index (χ3n) is 4.86. The summed E-state index contributed by atoms with van der Waals surface area (Å²) < 4.78 is 88.4. The monoisotopic (exact) mass is 533 g/mol. The van der Waals surface area contributed by atoms with Crippen LogP contribution in [0.3, 0.4) is 0 Å². The second-order valence-corrected chi connectivity index (χ2v) is 9.14. The van der Waals surface area contributed by atoms with Crippen molar-refractivity contribution >= 4 is 17.8 Å². The van der Waals surface area contributed by atoms with Gasteiger partial charge in [0.2, 0.25) is 5.91 Å². The number of hydrogen-bond donors (Lipinski definition) is 1. The Labute approximate surface area is 208 Å². The Hall–Kier alpha value is -3.57. The van der Waals surface area contributed by atoms with Crippen molar-refractivity contribution in [2.45, 2.75) is 57.6 Å². The molecule has 0 aromatic heterocycles. The van der Waals surface area contributed by atoms with Crippen LogP contribution in [0, 0.1) is 0 Å². The molecule has 0 saturated heterocycles. The van der Waals surface area contributed by atoms with Crippen molar-refractivity contribution in [2.75, 3.05) is 7.11 Å². The molecule has 202 valence electrons. The molecule has 0 saturated carbocycles. The van der Waals surface area contributed by atoms with E-state index in [4.69, 9.17) is 4.74 Å². The summed E-state index contributed by atoms with van der Waals surface area (Å²) in [6.07, 6.45) is -11.1. The van der Waals surface area contributed by atoms with Gasteiger partial charge in [-0.25, -0.2) is 9.59 Å². The van der Waals surface area contributed by atoms with E-state index in [1.165, 1.54) is 24.3 Å². The number of rotatable bonds is 7. The Kier molecular flexibility index (Phi) is 9.00. The maximum Gasteiger partial charge on any atom is 0.416 e. The summed E-state index contributed by atoms with van der Waals surface area (Å²) in [6.45, 7) is 5.10. The zero-order valence-corrected chi connectivity index (χ0v) is 20.3. The van der Waals surface area contributed by atoms with Gasteiger partial charge in [0.25, 0.3) is 0 Å². The van der Waals surface area contributed by atoms with Crippen LogP contribution >= 0.6 is 0 Å². The van der Waals surface area contributed by atoms with Gasteiger partial charge in [0, 0.05) is 6.42 Å². The van der Waals surface area contributed by atoms with Gasteiger partial charge in [-0.3, -0.25) is 4.79 Å². The quantitative estimate of drug-likeness (QED) is 0.395. The maximum absolute atomic E-state index is 13.1. The molecule has 2 aromatic carbocycles. The summed E-state index contributed by atoms with van der Waals surface area (Å²) in [5, 5.41) is 2.28. The van der Waals surface area contributed by atoms with Crippen LogP contribution in [0.4, 0.5) is 26.3 Å². The van der Waals surface area contributed by atoms with Crippen molar-refractivity contribution < 1.29 is 50.2 Å². The maximum atomic E-state index is 13.1. The Balaban J connectivity index is 2.19. The highest BCUT2D eigenvalue weighted by Gasteiger charge is 2.37. The zero-order chi connectivity index (χ0) is 28.2. The SMILES string of the molecule is COC(=O)[C@@H](Cc1ccc(C(=O)OC(C)(C)C)cc1)NC(=O)Cc1cc(C(F)(F)F)cc(C(F)(F)F)c1. The van der Waals surface area contributed by atoms with Crippen LogP contribution in [-0.2, 0) is 44.3 Å². The van der Waals surface area contributed by atoms with Crippen molar-refractivity contribution in [3.63, 3.8) is 0 Å². The van der Waals surface area contributed by atoms with Crippen LogP contribution in [0.1, 0.15) is 53.4 Å². The lowest BCUT2D eigenvalue weighted by atomic mass is 10.0. The Bertz CT molecular complexity index is 1100. The van der Waals surface area contributed by atoms with Crippen LogP contribution in [0.5, 0.6) is 0 Å². The first kappa shape index (κ1) is 29.7. The minimum absolute atomic E-state index is 0.0421. The molecule has 0 aliphatic rings. The van der Waals surface area contributed by atoms with Crippen molar-refractivity contribution in [2.24, 2.45) is 0 Å². The number of carbonyl (C=O) groups is 3. The van der Waals surface area contributed by atoms with Gasteiger partial charge < -0.3 is 14.8 Å². The van der Waals surface area contributed by atoms with Gasteiger partial charge in [0.1, 0.15) is 11.6 Å². The van der Waals surface area contributed by atoms with Gasteiger partial charge in [-0.2, -0.15) is 26.3 Å². The molecule has 0 aliphatic heterocycles. The molecule has 1 amide bonds. The fourth-order valence-corrected chi connectivity index (χ4v) is 3.24. The summed E-state index contributed by atoms with van der Waals surface area (Å²) >= 11 is 0. The first-order valence-corrected chi connectivity index (χ1v) is 10.9. The molecule has 12 heteroatoms. The highest BCUT2D eigenvalue weighted by atomic mass is 19.4. The van der Waals surface area contributed by atoms with E-state index in [1.807, 2.05) is 0 Å². The Morgan fingerprint density at radius 1 is 0.838 bits per heavy atom. The fraction of sp³-hybridized carbons (Fsp3) is 0.400. The van der Waals surface area contributed by atoms with E-state index in [2.05, 4.69) is 10.1 Å². The highest BCUT2D eigenvalue weighted by molar-refractivity contribution is 5.90. The molecular weight excluding hydrogens is 508 g/mol. The lowest BCUT2D eigenvalue weighted by Crippen LogP contribution is -2.43. The van der Waals surface area contributed by atoms with Crippen LogP contribution < -0.4 is 5.32 Å². The summed E-state index contributed by atoms with van der Waals surface area (Å²) in [7, 11) is 1.05. The van der Waals surface area contributed by atoms with E-state index in [-0.39, 0.29) is 18.1 Å². The standard InChI is InChI=1S/C25H25F6NO5/c1-23(2,3)37-21(34)16-7-5-14(6-8-16)11-19(22(35)36-4)32-20(33)12-15-9-17(24(26,27)28)13-18(10-15)25(29,30)31/h5-10,13,19H,11-12H2,1-4H3,(H,32,33)/t19-/m1/s1. The molecule has 6 nitrogen and oxygen atoms in total. The number of hydrogen-bond acceptors (Lipinski definition) is 5. The summed E-state index contributed by atoms with van der Waals surface area (Å²) in [4.78, 5) is 36.8. The number of esters is 2. The normalized spacial score (nSPS) is 13.0. The van der Waals surface area contributed by atoms with Gasteiger partial charge in [-0.1, -0.05) is 12.1 Å². The van der Waals surface area contributed by atoms with E-state index in [0.717, 1.165) is 7.11 Å². The first-order valence-electron chi connectivity index (χ1n) is 10.9. The van der Waals surface area contributed by atoms with Gasteiger partial charge in [0.15, 0.2) is 0 Å². The Morgan fingerprint density at radius 3 is 1.78 bits per heavy atom. The number of amides is 1. The van der Waals surface area contributed by atoms with Crippen molar-refractivity contribution in [3.05, 3.63) is 70.3 Å². The second kappa shape index (κ2) is 11.2. The van der Waals surface area contributed by atoms with E-state index in [1.54, 1.807) is 20.8 Å². The number of ether oxygens (including phenoxy) is 2. The lowest BCUT2D eigenvalue weighted by molar-refractivity contribution is -0.145. The molecule has 37 heavy (non-hydrogen) atoms. The van der Waals surface area contributed by atoms with Gasteiger partial charge in [-0.05, 0) is 62.2 Å². The molecule has 2 rings (SSSR count). The molecule has 0 bridgehead atoms. The molecule has 2 aromatic rings. The summed E-state index contributed by atoms with van der Waals surface area (Å²) in [5.74, 6) is -2.45. The molecular formula is C25H25F6NO5. The lowest BCUT2D eigenvalue weighted by Gasteiger charge is -2.20. The second-order valence-electron chi connectivity index (χ2n) is 9.14. The smallest absolute Gasteiger partial charge is 0.416 e. The van der Waals surface area contributed by atoms with Gasteiger partial charge >= 0.3 is 24.3 Å². The predicted octanol–water partition coefficient (Wildman–Crippen LogP) is 5.12. The van der Waals surface area contributed by atoms with Crippen molar-refractivity contribution in [1.29, 1.82) is 0 Å². The number of alkyl halides is 6. The average Bonchev–Trinajstić information content (AvgIpc) is 2.76. The molecule has 0 heterocycles. The average molecular weight is 533 g/mol. The van der Waals surface area contributed by atoms with E-state index in [9.17, 15) is 40.7 Å². The van der Waals surface area contributed by atoms with E-state index < -0.39 is 65.0 Å². The molecule has 0 aliphatic carbocycles. The van der Waals surface area contributed by atoms with Crippen molar-refractivity contribution in [3.8, 4) is 0 Å². The molecule has 1 atom stereocenters. The third kappa shape index (κ3) is 9.10. The van der Waals surface area contributed by atoms with Crippen LogP contribution in [0.25, 0.3) is 0 Å². The Morgan fingerprint density at radius 2 is 1.35 bits per heavy atom. The third-order valence-corrected chi connectivity index (χ3v) is 4.86. The zero-order valence-electron chi connectivity index (χ0n) is 20.3. The van der Waals surface area contributed by atoms with Crippen LogP contribution in [0.2, 0.25) is 0 Å². The number of benzene rings is 2. The molecule has 0 radical (unpaired) electrons. The molecule has 1 N–H and O–H groups in total.